The van der Waals surface area contributed by atoms with Crippen molar-refractivity contribution in [2.75, 3.05) is 7.11 Å². The second kappa shape index (κ2) is 5.11. The molecule has 1 aromatic carbocycles. The number of fused-ring (bicyclic) bond motifs is 1. The maximum atomic E-state index is 12.0. The highest BCUT2D eigenvalue weighted by atomic mass is 32.1. The molecule has 0 spiro atoms. The molecule has 3 nitrogen and oxygen atoms in total. The Morgan fingerprint density at radius 1 is 1.37 bits per heavy atom. The monoisotopic (exact) mass is 289 g/mol. The van der Waals surface area contributed by atoms with Crippen LogP contribution in [0.5, 0.6) is 5.75 Å². The maximum Gasteiger partial charge on any atom is 0.179 e. The first-order valence-electron chi connectivity index (χ1n) is 5.76. The van der Waals surface area contributed by atoms with E-state index < -0.39 is 0 Å². The summed E-state index contributed by atoms with van der Waals surface area (Å²) in [6, 6.07) is 9.49. The number of hydrogen-bond donors (Lipinski definition) is 0. The van der Waals surface area contributed by atoms with Gasteiger partial charge in [-0.2, -0.15) is 0 Å². The Balaban J connectivity index is 1.87. The molecule has 3 aromatic rings. The fourth-order valence-electron chi connectivity index (χ4n) is 1.82. The lowest BCUT2D eigenvalue weighted by molar-refractivity contribution is 0.0997. The first-order chi connectivity index (χ1) is 9.26. The van der Waals surface area contributed by atoms with Crippen LogP contribution in [0.3, 0.4) is 0 Å². The van der Waals surface area contributed by atoms with Crippen LogP contribution in [0, 0.1) is 0 Å². The summed E-state index contributed by atoms with van der Waals surface area (Å²) in [6.45, 7) is 0. The minimum atomic E-state index is 0.126. The highest BCUT2D eigenvalue weighted by molar-refractivity contribution is 7.18. The van der Waals surface area contributed by atoms with Gasteiger partial charge in [0.15, 0.2) is 5.78 Å². The van der Waals surface area contributed by atoms with E-state index in [9.17, 15) is 4.79 Å². The molecule has 0 atom stereocenters. The number of Topliss-reactive ketones (excluding diaryl/α,β-unsaturated/α-hetero) is 1. The number of thiophene rings is 1. The van der Waals surface area contributed by atoms with Crippen LogP contribution < -0.4 is 4.74 Å². The van der Waals surface area contributed by atoms with Crippen LogP contribution in [-0.2, 0) is 6.42 Å². The summed E-state index contributed by atoms with van der Waals surface area (Å²) in [4.78, 5) is 17.3. The van der Waals surface area contributed by atoms with Gasteiger partial charge < -0.3 is 4.74 Å². The molecule has 0 N–H and O–H groups in total. The number of carbonyl (C=O) groups is 1. The van der Waals surface area contributed by atoms with E-state index in [4.69, 9.17) is 4.74 Å². The van der Waals surface area contributed by atoms with Crippen molar-refractivity contribution in [3.63, 3.8) is 0 Å². The van der Waals surface area contributed by atoms with E-state index in [0.29, 0.717) is 6.42 Å². The van der Waals surface area contributed by atoms with Gasteiger partial charge in [0.05, 0.1) is 28.6 Å². The Hall–Kier alpha value is -1.72. The quantitative estimate of drug-likeness (QED) is 0.686. The topological polar surface area (TPSA) is 39.2 Å². The summed E-state index contributed by atoms with van der Waals surface area (Å²) >= 11 is 3.02. The third-order valence-electron chi connectivity index (χ3n) is 2.75. The molecule has 5 heteroatoms. The van der Waals surface area contributed by atoms with E-state index in [2.05, 4.69) is 4.98 Å². The maximum absolute atomic E-state index is 12.0. The highest BCUT2D eigenvalue weighted by Crippen LogP contribution is 2.27. The number of thiazole rings is 1. The zero-order valence-corrected chi connectivity index (χ0v) is 11.9. The number of ether oxygens (including phenoxy) is 1. The molecule has 0 bridgehead atoms. The number of rotatable bonds is 4. The summed E-state index contributed by atoms with van der Waals surface area (Å²) in [5.74, 6) is 0.938. The van der Waals surface area contributed by atoms with Gasteiger partial charge in [-0.1, -0.05) is 6.07 Å². The van der Waals surface area contributed by atoms with Crippen molar-refractivity contribution in [2.24, 2.45) is 0 Å². The average molecular weight is 289 g/mol. The molecule has 3 rings (SSSR count). The highest BCUT2D eigenvalue weighted by Gasteiger charge is 2.12. The first-order valence-corrected chi connectivity index (χ1v) is 7.46. The van der Waals surface area contributed by atoms with E-state index in [0.717, 1.165) is 25.9 Å². The molecule has 0 aliphatic heterocycles. The number of benzene rings is 1. The van der Waals surface area contributed by atoms with Gasteiger partial charge in [0, 0.05) is 0 Å². The van der Waals surface area contributed by atoms with Gasteiger partial charge >= 0.3 is 0 Å². The first kappa shape index (κ1) is 12.3. The summed E-state index contributed by atoms with van der Waals surface area (Å²) < 4.78 is 6.23. The van der Waals surface area contributed by atoms with Crippen LogP contribution in [0.25, 0.3) is 10.2 Å². The molecule has 0 saturated carbocycles. The summed E-state index contributed by atoms with van der Waals surface area (Å²) in [5, 5.41) is 2.76. The van der Waals surface area contributed by atoms with Crippen molar-refractivity contribution >= 4 is 38.7 Å². The Labute approximate surface area is 118 Å². The van der Waals surface area contributed by atoms with E-state index in [-0.39, 0.29) is 5.78 Å². The standard InChI is InChI=1S/C14H11NO2S2/c1-17-9-4-5-10-13(7-9)19-14(15-10)8-11(16)12-3-2-6-18-12/h2-7H,8H2,1H3. The van der Waals surface area contributed by atoms with Gasteiger partial charge in [-0.15, -0.1) is 22.7 Å². The predicted octanol–water partition coefficient (Wildman–Crippen LogP) is 3.79. The van der Waals surface area contributed by atoms with Crippen LogP contribution in [-0.4, -0.2) is 17.9 Å². The van der Waals surface area contributed by atoms with Crippen LogP contribution in [0.2, 0.25) is 0 Å². The number of methoxy groups -OCH3 is 1. The molecule has 96 valence electrons. The third-order valence-corrected chi connectivity index (χ3v) is 4.68. The molecule has 0 aliphatic rings. The Bertz CT molecular complexity index is 716. The SMILES string of the molecule is COc1ccc2nc(CC(=O)c3cccs3)sc2c1. The third kappa shape index (κ3) is 2.52. The summed E-state index contributed by atoms with van der Waals surface area (Å²) in [7, 11) is 1.64. The normalized spacial score (nSPS) is 10.8. The number of nitrogens with zero attached hydrogens (tertiary/aromatic N) is 1. The largest absolute Gasteiger partial charge is 0.497 e. The van der Waals surface area contributed by atoms with Crippen molar-refractivity contribution in [3.05, 3.63) is 45.6 Å². The fourth-order valence-corrected chi connectivity index (χ4v) is 3.48. The molecular formula is C14H11NO2S2. The molecule has 0 unspecified atom stereocenters. The van der Waals surface area contributed by atoms with Gasteiger partial charge in [0.25, 0.3) is 0 Å². The van der Waals surface area contributed by atoms with Crippen molar-refractivity contribution in [1.82, 2.24) is 4.98 Å². The minimum absolute atomic E-state index is 0.126. The molecular weight excluding hydrogens is 278 g/mol. The molecule has 0 aliphatic carbocycles. The Kier molecular flexibility index (Phi) is 3.31. The molecule has 0 radical (unpaired) electrons. The van der Waals surface area contributed by atoms with Crippen LogP contribution in [0.1, 0.15) is 14.7 Å². The molecule has 0 fully saturated rings. The zero-order chi connectivity index (χ0) is 13.2. The lowest BCUT2D eigenvalue weighted by atomic mass is 10.2. The van der Waals surface area contributed by atoms with E-state index >= 15 is 0 Å². The summed E-state index contributed by atoms with van der Waals surface area (Å²) in [6.07, 6.45) is 0.363. The van der Waals surface area contributed by atoms with Gasteiger partial charge in [0.2, 0.25) is 0 Å². The number of hydrogen-bond acceptors (Lipinski definition) is 5. The van der Waals surface area contributed by atoms with Crippen molar-refractivity contribution in [1.29, 1.82) is 0 Å². The molecule has 2 aromatic heterocycles. The van der Waals surface area contributed by atoms with Gasteiger partial charge in [-0.05, 0) is 29.6 Å². The van der Waals surface area contributed by atoms with E-state index in [1.54, 1.807) is 18.4 Å². The average Bonchev–Trinajstić information content (AvgIpc) is 3.06. The smallest absolute Gasteiger partial charge is 0.179 e. The lowest BCUT2D eigenvalue weighted by Crippen LogP contribution is -2.00. The van der Waals surface area contributed by atoms with Crippen LogP contribution in [0.4, 0.5) is 0 Å². The van der Waals surface area contributed by atoms with Crippen LogP contribution in [0.15, 0.2) is 35.7 Å². The lowest BCUT2D eigenvalue weighted by Gasteiger charge is -1.96. The number of carbonyl (C=O) groups excluding carboxylic acids is 1. The van der Waals surface area contributed by atoms with Crippen molar-refractivity contribution < 1.29 is 9.53 Å². The second-order valence-electron chi connectivity index (χ2n) is 4.02. The fraction of sp³-hybridized carbons (Fsp3) is 0.143. The van der Waals surface area contributed by atoms with Gasteiger partial charge in [0.1, 0.15) is 10.8 Å². The molecule has 0 saturated heterocycles. The zero-order valence-electron chi connectivity index (χ0n) is 10.3. The molecule has 2 heterocycles. The Morgan fingerprint density at radius 3 is 3.00 bits per heavy atom. The van der Waals surface area contributed by atoms with E-state index in [1.165, 1.54) is 11.3 Å². The van der Waals surface area contributed by atoms with Gasteiger partial charge in [-0.3, -0.25) is 4.79 Å². The molecule has 0 amide bonds. The number of aromatic nitrogens is 1. The molecule has 19 heavy (non-hydrogen) atoms. The van der Waals surface area contributed by atoms with Crippen molar-refractivity contribution in [2.45, 2.75) is 6.42 Å². The van der Waals surface area contributed by atoms with Gasteiger partial charge in [-0.25, -0.2) is 4.98 Å². The minimum Gasteiger partial charge on any atom is -0.497 e. The Morgan fingerprint density at radius 2 is 2.26 bits per heavy atom. The summed E-state index contributed by atoms with van der Waals surface area (Å²) in [5.41, 5.74) is 0.916. The van der Waals surface area contributed by atoms with Crippen LogP contribution >= 0.6 is 22.7 Å². The number of ketones is 1. The van der Waals surface area contributed by atoms with E-state index in [1.807, 2.05) is 35.7 Å². The predicted molar refractivity (Wildman–Crippen MR) is 78.5 cm³/mol. The second-order valence-corrected chi connectivity index (χ2v) is 6.08. The van der Waals surface area contributed by atoms with Crippen molar-refractivity contribution in [3.8, 4) is 5.75 Å².